The van der Waals surface area contributed by atoms with E-state index in [1.807, 2.05) is 0 Å². The van der Waals surface area contributed by atoms with Crippen LogP contribution in [0.3, 0.4) is 0 Å². The van der Waals surface area contributed by atoms with Gasteiger partial charge in [-0.05, 0) is 53.4 Å². The van der Waals surface area contributed by atoms with E-state index in [9.17, 15) is 14.7 Å². The van der Waals surface area contributed by atoms with Gasteiger partial charge in [-0.2, -0.15) is 5.10 Å². The van der Waals surface area contributed by atoms with Crippen LogP contribution in [0.2, 0.25) is 0 Å². The second-order valence-electron chi connectivity index (χ2n) is 7.91. The summed E-state index contributed by atoms with van der Waals surface area (Å²) in [5.41, 5.74) is 7.82. The van der Waals surface area contributed by atoms with Crippen LogP contribution in [0.25, 0.3) is 0 Å². The van der Waals surface area contributed by atoms with Gasteiger partial charge < -0.3 is 36.1 Å². The Morgan fingerprint density at radius 1 is 1.10 bits per heavy atom. The van der Waals surface area contributed by atoms with Gasteiger partial charge in [0, 0.05) is 25.2 Å². The van der Waals surface area contributed by atoms with Crippen molar-refractivity contribution in [1.29, 1.82) is 5.41 Å². The number of thiophene rings is 1. The Morgan fingerprint density at radius 2 is 1.73 bits per heavy atom. The number of aliphatic carboxylic acids is 1. The van der Waals surface area contributed by atoms with E-state index < -0.39 is 18.0 Å². The van der Waals surface area contributed by atoms with Crippen molar-refractivity contribution in [2.24, 2.45) is 10.8 Å². The smallest absolute Gasteiger partial charge is 0.348 e. The van der Waals surface area contributed by atoms with E-state index >= 15 is 0 Å². The molecule has 212 valence electrons. The number of ether oxygens (including phenoxy) is 2. The minimum absolute atomic E-state index is 0.0607. The molecule has 0 aliphatic rings. The van der Waals surface area contributed by atoms with Crippen LogP contribution in [-0.2, 0) is 9.59 Å². The molecule has 0 spiro atoms. The molecule has 13 nitrogen and oxygen atoms in total. The van der Waals surface area contributed by atoms with Crippen molar-refractivity contribution in [3.8, 4) is 11.5 Å². The summed E-state index contributed by atoms with van der Waals surface area (Å²) in [6, 6.07) is 13.1. The van der Waals surface area contributed by atoms with Crippen LogP contribution in [0.5, 0.6) is 11.5 Å². The largest absolute Gasteiger partial charge is 0.493 e. The lowest BCUT2D eigenvalue weighted by molar-refractivity contribution is -0.134. The minimum atomic E-state index is -1.08. The number of carboxylic acid groups (broad SMARTS) is 2. The first-order valence-corrected chi connectivity index (χ1v) is 12.4. The third-order valence-corrected chi connectivity index (χ3v) is 6.06. The summed E-state index contributed by atoms with van der Waals surface area (Å²) in [5.74, 6) is -0.785. The number of carboxylic acids is 2. The summed E-state index contributed by atoms with van der Waals surface area (Å²) in [6.07, 6.45) is 0.493. The number of anilines is 2. The summed E-state index contributed by atoms with van der Waals surface area (Å²) < 4.78 is 10.8. The van der Waals surface area contributed by atoms with Crippen molar-refractivity contribution in [3.63, 3.8) is 0 Å². The molecule has 0 bridgehead atoms. The molecule has 7 N–H and O–H groups in total. The Balaban J connectivity index is 0.00000131. The highest BCUT2D eigenvalue weighted by molar-refractivity contribution is 7.12. The molecule has 3 rings (SSSR count). The lowest BCUT2D eigenvalue weighted by atomic mass is 10.0. The number of amides is 1. The number of benzene rings is 2. The lowest BCUT2D eigenvalue weighted by Crippen LogP contribution is -2.35. The van der Waals surface area contributed by atoms with Crippen molar-refractivity contribution >= 4 is 52.7 Å². The average Bonchev–Trinajstić information content (AvgIpc) is 3.42. The predicted molar refractivity (Wildman–Crippen MR) is 153 cm³/mol. The molecule has 0 fully saturated rings. The van der Waals surface area contributed by atoms with Crippen molar-refractivity contribution in [1.82, 2.24) is 5.32 Å². The van der Waals surface area contributed by atoms with Crippen LogP contribution in [-0.4, -0.2) is 61.5 Å². The van der Waals surface area contributed by atoms with Gasteiger partial charge >= 0.3 is 5.97 Å². The molecule has 1 atom stereocenters. The normalized spacial score (nSPS) is 11.2. The maximum atomic E-state index is 11.6. The van der Waals surface area contributed by atoms with Gasteiger partial charge in [-0.15, -0.1) is 11.3 Å². The summed E-state index contributed by atoms with van der Waals surface area (Å²) in [6.45, 7) is 1.08. The van der Waals surface area contributed by atoms with Gasteiger partial charge in [-0.3, -0.25) is 20.0 Å². The molecule has 0 aliphatic carbocycles. The van der Waals surface area contributed by atoms with Gasteiger partial charge in [0.15, 0.2) is 17.3 Å². The SMILES string of the molecule is CC(=O)O.COc1ccc(C(Nc2ccc(C(=N)N)cc2)/C(=N/N(C)c2ccsc2C(=O)O)NC=O)cc1OC. The van der Waals surface area contributed by atoms with Crippen LogP contribution in [0.1, 0.15) is 33.8 Å². The minimum Gasteiger partial charge on any atom is -0.493 e. The Morgan fingerprint density at radius 3 is 2.25 bits per heavy atom. The monoisotopic (exact) mass is 570 g/mol. The molecule has 3 aromatic rings. The number of aromatic carboxylic acids is 1. The van der Waals surface area contributed by atoms with Crippen molar-refractivity contribution in [2.45, 2.75) is 13.0 Å². The van der Waals surface area contributed by atoms with Crippen LogP contribution in [0, 0.1) is 5.41 Å². The molecular weight excluding hydrogens is 540 g/mol. The second kappa shape index (κ2) is 14.7. The summed E-state index contributed by atoms with van der Waals surface area (Å²) in [7, 11) is 4.63. The molecule has 14 heteroatoms. The average molecular weight is 571 g/mol. The molecule has 1 heterocycles. The number of nitrogen functional groups attached to an aromatic ring is 1. The molecule has 1 unspecified atom stereocenters. The number of hydrogen-bond donors (Lipinski definition) is 6. The summed E-state index contributed by atoms with van der Waals surface area (Å²) in [5, 5.41) is 38.0. The Labute approximate surface area is 234 Å². The molecule has 0 radical (unpaired) electrons. The van der Waals surface area contributed by atoms with Crippen molar-refractivity contribution in [3.05, 3.63) is 69.9 Å². The zero-order chi connectivity index (χ0) is 29.8. The number of amidine groups is 2. The fraction of sp³-hybridized carbons (Fsp3) is 0.192. The molecule has 40 heavy (non-hydrogen) atoms. The highest BCUT2D eigenvalue weighted by atomic mass is 32.1. The number of methoxy groups -OCH3 is 2. The fourth-order valence-corrected chi connectivity index (χ4v) is 4.17. The molecule has 0 saturated heterocycles. The van der Waals surface area contributed by atoms with E-state index in [1.165, 1.54) is 19.2 Å². The maximum Gasteiger partial charge on any atom is 0.348 e. The zero-order valence-corrected chi connectivity index (χ0v) is 23.0. The second-order valence-corrected chi connectivity index (χ2v) is 8.83. The van der Waals surface area contributed by atoms with E-state index in [4.69, 9.17) is 30.5 Å². The maximum absolute atomic E-state index is 11.6. The van der Waals surface area contributed by atoms with E-state index in [2.05, 4.69) is 15.7 Å². The van der Waals surface area contributed by atoms with Gasteiger partial charge in [-0.1, -0.05) is 6.07 Å². The Hall–Kier alpha value is -5.11. The van der Waals surface area contributed by atoms with Gasteiger partial charge in [0.25, 0.3) is 5.97 Å². The molecule has 0 aliphatic heterocycles. The zero-order valence-electron chi connectivity index (χ0n) is 22.2. The van der Waals surface area contributed by atoms with Crippen molar-refractivity contribution in [2.75, 3.05) is 31.6 Å². The lowest BCUT2D eigenvalue weighted by Gasteiger charge is -2.25. The van der Waals surface area contributed by atoms with Crippen LogP contribution in [0.4, 0.5) is 11.4 Å². The summed E-state index contributed by atoms with van der Waals surface area (Å²) in [4.78, 5) is 32.3. The standard InChI is InChI=1S/C24H26N6O5S.C2H4O2/c1-30(17-10-11-36-21(17)24(32)33)29-23(27-13-31)20(15-6-9-18(34-2)19(12-15)35-3)28-16-7-4-14(5-8-16)22(25)26;1-2(3)4/h4-13,20,28H,1-3H3,(H3,25,26)(H,32,33)(H,27,29,31);1H3,(H,3,4). The number of nitrogens with one attached hydrogen (secondary N) is 3. The van der Waals surface area contributed by atoms with Crippen LogP contribution >= 0.6 is 11.3 Å². The predicted octanol–water partition coefficient (Wildman–Crippen LogP) is 3.19. The van der Waals surface area contributed by atoms with E-state index in [0.29, 0.717) is 40.4 Å². The fourth-order valence-electron chi connectivity index (χ4n) is 3.42. The molecule has 2 aromatic carbocycles. The van der Waals surface area contributed by atoms with Gasteiger partial charge in [0.05, 0.1) is 19.9 Å². The number of carbonyl (C=O) groups excluding carboxylic acids is 1. The summed E-state index contributed by atoms with van der Waals surface area (Å²) >= 11 is 1.07. The number of nitrogens with zero attached hydrogens (tertiary/aromatic N) is 2. The third kappa shape index (κ3) is 8.46. The van der Waals surface area contributed by atoms with Crippen LogP contribution in [0.15, 0.2) is 59.0 Å². The highest BCUT2D eigenvalue weighted by Crippen LogP contribution is 2.32. The van der Waals surface area contributed by atoms with E-state index in [0.717, 1.165) is 18.3 Å². The topological polar surface area (TPSA) is 200 Å². The van der Waals surface area contributed by atoms with E-state index in [-0.39, 0.29) is 16.5 Å². The first-order valence-electron chi connectivity index (χ1n) is 11.5. The van der Waals surface area contributed by atoms with Gasteiger partial charge in [0.1, 0.15) is 16.8 Å². The third-order valence-electron chi connectivity index (χ3n) is 5.17. The molecule has 1 amide bonds. The quantitative estimate of drug-likeness (QED) is 0.0861. The number of nitrogens with two attached hydrogens (primary N) is 1. The molecular formula is C26H30N6O7S. The number of carbonyl (C=O) groups is 3. The van der Waals surface area contributed by atoms with E-state index in [1.54, 1.807) is 61.0 Å². The number of hydrogen-bond acceptors (Lipinski definition) is 10. The molecule has 0 saturated carbocycles. The van der Waals surface area contributed by atoms with Crippen molar-refractivity contribution < 1.29 is 34.1 Å². The highest BCUT2D eigenvalue weighted by Gasteiger charge is 2.23. The van der Waals surface area contributed by atoms with Gasteiger partial charge in [-0.25, -0.2) is 4.79 Å². The van der Waals surface area contributed by atoms with Gasteiger partial charge in [0.2, 0.25) is 6.41 Å². The first-order chi connectivity index (χ1) is 19.0. The Bertz CT molecular complexity index is 1370. The number of rotatable bonds is 11. The van der Waals surface area contributed by atoms with Crippen LogP contribution < -0.4 is 30.8 Å². The first kappa shape index (κ1) is 31.1. The Kier molecular flexibility index (Phi) is 11.5. The number of hydrazone groups is 1. The molecule has 1 aromatic heterocycles.